The maximum atomic E-state index is 10.8. The van der Waals surface area contributed by atoms with Crippen molar-refractivity contribution in [2.45, 2.75) is 20.0 Å². The van der Waals surface area contributed by atoms with Crippen LogP contribution < -0.4 is 5.32 Å². The van der Waals surface area contributed by atoms with Crippen LogP contribution in [0.5, 0.6) is 0 Å². The first kappa shape index (κ1) is 17.5. The molecule has 0 saturated carbocycles. The van der Waals surface area contributed by atoms with Gasteiger partial charge in [0.05, 0.1) is 12.1 Å². The highest BCUT2D eigenvalue weighted by Gasteiger charge is 2.08. The predicted molar refractivity (Wildman–Crippen MR) is 101 cm³/mol. The van der Waals surface area contributed by atoms with Gasteiger partial charge < -0.3 is 14.8 Å². The second-order valence-electron chi connectivity index (χ2n) is 5.83. The Bertz CT molecular complexity index is 884. The Hall–Kier alpha value is -2.37. The van der Waals surface area contributed by atoms with Crippen LogP contribution in [0.15, 0.2) is 63.5 Å². The Morgan fingerprint density at radius 2 is 1.84 bits per heavy atom. The van der Waals surface area contributed by atoms with Gasteiger partial charge in [-0.15, -0.1) is 0 Å². The monoisotopic (exact) mass is 399 g/mol. The Morgan fingerprint density at radius 3 is 2.52 bits per heavy atom. The second kappa shape index (κ2) is 7.68. The summed E-state index contributed by atoms with van der Waals surface area (Å²) in [5.74, 6) is 0.804. The molecule has 2 aromatic carbocycles. The summed E-state index contributed by atoms with van der Waals surface area (Å²) in [6.07, 6.45) is 0. The summed E-state index contributed by atoms with van der Waals surface area (Å²) in [6, 6.07) is 16.9. The van der Waals surface area contributed by atoms with E-state index in [1.807, 2.05) is 36.4 Å². The van der Waals surface area contributed by atoms with Crippen LogP contribution in [0.25, 0.3) is 11.3 Å². The number of halogens is 1. The second-order valence-corrected chi connectivity index (χ2v) is 6.75. The average Bonchev–Trinajstić information content (AvgIpc) is 3.04. The normalized spacial score (nSPS) is 10.8. The molecule has 0 saturated heterocycles. The van der Waals surface area contributed by atoms with Gasteiger partial charge in [0, 0.05) is 16.6 Å². The number of aromatic carboxylic acids is 1. The SMILES string of the molecule is Cc1cc(Br)ccc1-c1ccc(CNCc2ccc(C(=O)O)cc2)o1. The Kier molecular flexibility index (Phi) is 5.36. The lowest BCUT2D eigenvalue weighted by Gasteiger charge is -2.05. The third kappa shape index (κ3) is 4.38. The summed E-state index contributed by atoms with van der Waals surface area (Å²) in [7, 11) is 0. The quantitative estimate of drug-likeness (QED) is 0.611. The van der Waals surface area contributed by atoms with E-state index in [1.165, 1.54) is 0 Å². The first-order chi connectivity index (χ1) is 12.0. The van der Waals surface area contributed by atoms with Crippen LogP contribution in [0, 0.1) is 6.92 Å². The third-order valence-electron chi connectivity index (χ3n) is 3.94. The molecule has 128 valence electrons. The lowest BCUT2D eigenvalue weighted by Crippen LogP contribution is -2.12. The zero-order valence-electron chi connectivity index (χ0n) is 13.8. The van der Waals surface area contributed by atoms with Gasteiger partial charge in [0.25, 0.3) is 0 Å². The van der Waals surface area contributed by atoms with E-state index >= 15 is 0 Å². The van der Waals surface area contributed by atoms with E-state index in [-0.39, 0.29) is 0 Å². The van der Waals surface area contributed by atoms with Crippen molar-refractivity contribution in [1.82, 2.24) is 5.32 Å². The molecule has 0 aliphatic carbocycles. The van der Waals surface area contributed by atoms with Gasteiger partial charge in [-0.2, -0.15) is 0 Å². The van der Waals surface area contributed by atoms with Crippen LogP contribution >= 0.6 is 15.9 Å². The number of hydrogen-bond acceptors (Lipinski definition) is 3. The highest BCUT2D eigenvalue weighted by molar-refractivity contribution is 9.10. The Labute approximate surface area is 154 Å². The summed E-state index contributed by atoms with van der Waals surface area (Å²) in [6.45, 7) is 3.31. The molecule has 3 aromatic rings. The molecule has 2 N–H and O–H groups in total. The van der Waals surface area contributed by atoms with Crippen LogP contribution in [0.4, 0.5) is 0 Å². The van der Waals surface area contributed by atoms with Crippen molar-refractivity contribution >= 4 is 21.9 Å². The first-order valence-electron chi connectivity index (χ1n) is 7.91. The van der Waals surface area contributed by atoms with Gasteiger partial charge in [0.15, 0.2) is 0 Å². The number of nitrogens with one attached hydrogen (secondary N) is 1. The zero-order chi connectivity index (χ0) is 17.8. The molecule has 0 amide bonds. The maximum absolute atomic E-state index is 10.8. The number of furan rings is 1. The molecule has 0 aliphatic heterocycles. The molecule has 1 aromatic heterocycles. The smallest absolute Gasteiger partial charge is 0.335 e. The van der Waals surface area contributed by atoms with E-state index in [2.05, 4.69) is 34.2 Å². The van der Waals surface area contributed by atoms with Gasteiger partial charge in [-0.3, -0.25) is 0 Å². The fourth-order valence-electron chi connectivity index (χ4n) is 2.62. The van der Waals surface area contributed by atoms with Crippen LogP contribution in [0.1, 0.15) is 27.2 Å². The summed E-state index contributed by atoms with van der Waals surface area (Å²) in [5.41, 5.74) is 3.56. The van der Waals surface area contributed by atoms with Crippen molar-refractivity contribution in [3.63, 3.8) is 0 Å². The molecule has 0 spiro atoms. The van der Waals surface area contributed by atoms with Crippen molar-refractivity contribution < 1.29 is 14.3 Å². The number of rotatable bonds is 6. The van der Waals surface area contributed by atoms with Crippen LogP contribution in [0.3, 0.4) is 0 Å². The molecule has 25 heavy (non-hydrogen) atoms. The number of carbonyl (C=O) groups is 1. The predicted octanol–water partition coefficient (Wildman–Crippen LogP) is 5.01. The molecule has 0 atom stereocenters. The molecular formula is C20H18BrNO3. The number of hydrogen-bond donors (Lipinski definition) is 2. The van der Waals surface area contributed by atoms with E-state index in [0.717, 1.165) is 32.7 Å². The molecule has 0 unspecified atom stereocenters. The van der Waals surface area contributed by atoms with Crippen molar-refractivity contribution in [3.05, 3.63) is 81.5 Å². The minimum absolute atomic E-state index is 0.296. The third-order valence-corrected chi connectivity index (χ3v) is 4.44. The molecule has 0 fully saturated rings. The minimum atomic E-state index is -0.911. The fraction of sp³-hybridized carbons (Fsp3) is 0.150. The van der Waals surface area contributed by atoms with E-state index in [4.69, 9.17) is 9.52 Å². The largest absolute Gasteiger partial charge is 0.478 e. The standard InChI is InChI=1S/C20H18BrNO3/c1-13-10-16(21)6-8-18(13)19-9-7-17(25-19)12-22-11-14-2-4-15(5-3-14)20(23)24/h2-10,22H,11-12H2,1H3,(H,23,24). The maximum Gasteiger partial charge on any atom is 0.335 e. The fourth-order valence-corrected chi connectivity index (χ4v) is 3.09. The molecule has 4 nitrogen and oxygen atoms in total. The lowest BCUT2D eigenvalue weighted by atomic mass is 10.1. The highest BCUT2D eigenvalue weighted by atomic mass is 79.9. The first-order valence-corrected chi connectivity index (χ1v) is 8.70. The molecule has 0 bridgehead atoms. The Morgan fingerprint density at radius 1 is 1.08 bits per heavy atom. The summed E-state index contributed by atoms with van der Waals surface area (Å²) >= 11 is 3.47. The summed E-state index contributed by atoms with van der Waals surface area (Å²) in [4.78, 5) is 10.8. The molecule has 5 heteroatoms. The van der Waals surface area contributed by atoms with Crippen LogP contribution in [-0.2, 0) is 13.1 Å². The van der Waals surface area contributed by atoms with Crippen molar-refractivity contribution in [1.29, 1.82) is 0 Å². The van der Waals surface area contributed by atoms with Crippen molar-refractivity contribution in [2.75, 3.05) is 0 Å². The van der Waals surface area contributed by atoms with Gasteiger partial charge in [-0.1, -0.05) is 28.1 Å². The minimum Gasteiger partial charge on any atom is -0.478 e. The number of benzene rings is 2. The van der Waals surface area contributed by atoms with E-state index in [1.54, 1.807) is 12.1 Å². The molecule has 1 heterocycles. The number of carboxylic acid groups (broad SMARTS) is 1. The topological polar surface area (TPSA) is 62.5 Å². The lowest BCUT2D eigenvalue weighted by molar-refractivity contribution is 0.0697. The molecule has 0 aliphatic rings. The zero-order valence-corrected chi connectivity index (χ0v) is 15.3. The number of aryl methyl sites for hydroxylation is 1. The van der Waals surface area contributed by atoms with Gasteiger partial charge in [-0.25, -0.2) is 4.79 Å². The van der Waals surface area contributed by atoms with Gasteiger partial charge in [0.1, 0.15) is 11.5 Å². The Balaban J connectivity index is 1.59. The average molecular weight is 400 g/mol. The van der Waals surface area contributed by atoms with Crippen LogP contribution in [0.2, 0.25) is 0 Å². The molecule has 3 rings (SSSR count). The molecule has 0 radical (unpaired) electrons. The molecular weight excluding hydrogens is 382 g/mol. The summed E-state index contributed by atoms with van der Waals surface area (Å²) in [5, 5.41) is 12.2. The van der Waals surface area contributed by atoms with E-state index in [0.29, 0.717) is 18.7 Å². The van der Waals surface area contributed by atoms with E-state index in [9.17, 15) is 4.79 Å². The van der Waals surface area contributed by atoms with Crippen LogP contribution in [-0.4, -0.2) is 11.1 Å². The van der Waals surface area contributed by atoms with Crippen molar-refractivity contribution in [2.24, 2.45) is 0 Å². The van der Waals surface area contributed by atoms with Crippen molar-refractivity contribution in [3.8, 4) is 11.3 Å². The van der Waals surface area contributed by atoms with E-state index < -0.39 is 5.97 Å². The van der Waals surface area contributed by atoms with Gasteiger partial charge in [-0.05, 0) is 60.5 Å². The number of carboxylic acids is 1. The van der Waals surface area contributed by atoms with Gasteiger partial charge in [0.2, 0.25) is 0 Å². The summed E-state index contributed by atoms with van der Waals surface area (Å²) < 4.78 is 6.98. The highest BCUT2D eigenvalue weighted by Crippen LogP contribution is 2.27. The van der Waals surface area contributed by atoms with Gasteiger partial charge >= 0.3 is 5.97 Å².